The maximum absolute atomic E-state index is 14.0. The van der Waals surface area contributed by atoms with Gasteiger partial charge in [-0.25, -0.2) is 4.79 Å². The van der Waals surface area contributed by atoms with Gasteiger partial charge in [0.2, 0.25) is 17.7 Å². The summed E-state index contributed by atoms with van der Waals surface area (Å²) in [5.74, 6) is -2.83. The van der Waals surface area contributed by atoms with Crippen LogP contribution in [0.2, 0.25) is 0 Å². The van der Waals surface area contributed by atoms with Gasteiger partial charge in [-0.05, 0) is 42.2 Å². The molecule has 0 fully saturated rings. The topological polar surface area (TPSA) is 171 Å². The molecule has 7 N–H and O–H groups in total. The largest absolute Gasteiger partial charge is 0.465 e. The highest BCUT2D eigenvalue weighted by atomic mass is 16.4. The Morgan fingerprint density at radius 1 is 0.878 bits per heavy atom. The summed E-state index contributed by atoms with van der Waals surface area (Å²) < 4.78 is 0. The molecule has 41 heavy (non-hydrogen) atoms. The normalized spacial score (nSPS) is 15.6. The Bertz CT molecular complexity index is 1140. The third-order valence-electron chi connectivity index (χ3n) is 7.47. The number of carboxylic acid groups (broad SMARTS) is 1. The molecule has 10 nitrogen and oxygen atoms in total. The van der Waals surface area contributed by atoms with Crippen LogP contribution in [-0.4, -0.2) is 57.8 Å². The molecule has 4 amide bonds. The molecule has 0 aliphatic rings. The number of aryl methyl sites for hydroxylation is 1. The summed E-state index contributed by atoms with van der Waals surface area (Å²) in [7, 11) is 0. The lowest BCUT2D eigenvalue weighted by Gasteiger charge is -2.38. The van der Waals surface area contributed by atoms with Crippen molar-refractivity contribution in [1.29, 1.82) is 0 Å². The molecular formula is C31H44N4O6. The van der Waals surface area contributed by atoms with Gasteiger partial charge in [0.05, 0.1) is 6.10 Å². The van der Waals surface area contributed by atoms with Crippen molar-refractivity contribution < 1.29 is 29.4 Å². The van der Waals surface area contributed by atoms with Crippen molar-refractivity contribution in [2.24, 2.45) is 17.6 Å². The molecule has 0 spiro atoms. The smallest absolute Gasteiger partial charge is 0.405 e. The fraction of sp³-hybridized carbons (Fsp3) is 0.484. The molecule has 2 aromatic rings. The average Bonchev–Trinajstić information content (AvgIpc) is 2.93. The summed E-state index contributed by atoms with van der Waals surface area (Å²) in [6, 6.07) is 16.3. The second kappa shape index (κ2) is 15.8. The molecule has 1 unspecified atom stereocenters. The molecule has 0 saturated heterocycles. The Balaban J connectivity index is 2.40. The van der Waals surface area contributed by atoms with Gasteiger partial charge in [-0.1, -0.05) is 94.8 Å². The zero-order valence-electron chi connectivity index (χ0n) is 24.3. The van der Waals surface area contributed by atoms with Crippen LogP contribution < -0.4 is 21.7 Å². The molecule has 0 saturated carbocycles. The number of carbonyl (C=O) groups is 4. The Morgan fingerprint density at radius 2 is 1.44 bits per heavy atom. The molecule has 2 aromatic carbocycles. The summed E-state index contributed by atoms with van der Waals surface area (Å²) in [6.07, 6.45) is -1.25. The SMILES string of the molecule is CC[C@H](C)[C@H](NC(=O)C(NC(=O)[C@@](Cc1ccccc1)(NC(=O)O)[C@H](O)CCCc1ccccc1)C(C)C)C(N)=O. The first-order chi connectivity index (χ1) is 19.4. The summed E-state index contributed by atoms with van der Waals surface area (Å²) in [6.45, 7) is 7.08. The Kier molecular flexibility index (Phi) is 12.8. The lowest BCUT2D eigenvalue weighted by Crippen LogP contribution is -2.69. The van der Waals surface area contributed by atoms with E-state index in [1.165, 1.54) is 0 Å². The Labute approximate surface area is 242 Å². The summed E-state index contributed by atoms with van der Waals surface area (Å²) in [5, 5.41) is 28.9. The number of amides is 4. The minimum Gasteiger partial charge on any atom is -0.465 e. The first-order valence-electron chi connectivity index (χ1n) is 14.1. The number of nitrogens with one attached hydrogen (secondary N) is 3. The average molecular weight is 569 g/mol. The van der Waals surface area contributed by atoms with Crippen molar-refractivity contribution in [3.8, 4) is 0 Å². The van der Waals surface area contributed by atoms with E-state index in [0.717, 1.165) is 5.56 Å². The molecule has 10 heteroatoms. The van der Waals surface area contributed by atoms with Crippen molar-refractivity contribution in [2.45, 2.75) is 83.5 Å². The lowest BCUT2D eigenvalue weighted by molar-refractivity contribution is -0.138. The summed E-state index contributed by atoms with van der Waals surface area (Å²) in [5.41, 5.74) is 5.19. The van der Waals surface area contributed by atoms with E-state index in [1.54, 1.807) is 51.1 Å². The molecular weight excluding hydrogens is 524 g/mol. The van der Waals surface area contributed by atoms with E-state index >= 15 is 0 Å². The van der Waals surface area contributed by atoms with E-state index < -0.39 is 53.5 Å². The van der Waals surface area contributed by atoms with Crippen LogP contribution >= 0.6 is 0 Å². The van der Waals surface area contributed by atoms with Crippen molar-refractivity contribution in [3.05, 3.63) is 71.8 Å². The highest BCUT2D eigenvalue weighted by molar-refractivity contribution is 5.96. The Hall–Kier alpha value is -3.92. The third kappa shape index (κ3) is 9.60. The third-order valence-corrected chi connectivity index (χ3v) is 7.47. The van der Waals surface area contributed by atoms with Crippen LogP contribution in [0.4, 0.5) is 4.79 Å². The van der Waals surface area contributed by atoms with E-state index in [9.17, 15) is 29.4 Å². The summed E-state index contributed by atoms with van der Waals surface area (Å²) in [4.78, 5) is 51.5. The maximum atomic E-state index is 14.0. The number of aliphatic hydroxyl groups is 1. The predicted molar refractivity (Wildman–Crippen MR) is 157 cm³/mol. The zero-order chi connectivity index (χ0) is 30.6. The molecule has 0 aliphatic carbocycles. The van der Waals surface area contributed by atoms with Gasteiger partial charge >= 0.3 is 6.09 Å². The maximum Gasteiger partial charge on any atom is 0.405 e. The van der Waals surface area contributed by atoms with Gasteiger partial charge in [-0.15, -0.1) is 0 Å². The van der Waals surface area contributed by atoms with Gasteiger partial charge in [0.1, 0.15) is 12.1 Å². The van der Waals surface area contributed by atoms with E-state index in [2.05, 4.69) is 16.0 Å². The van der Waals surface area contributed by atoms with Crippen LogP contribution in [0.3, 0.4) is 0 Å². The quantitative estimate of drug-likeness (QED) is 0.182. The molecule has 0 radical (unpaired) electrons. The van der Waals surface area contributed by atoms with E-state index in [0.29, 0.717) is 24.8 Å². The molecule has 0 aliphatic heterocycles. The molecule has 5 atom stereocenters. The van der Waals surface area contributed by atoms with Crippen LogP contribution in [0.1, 0.15) is 58.1 Å². The minimum absolute atomic E-state index is 0.117. The highest BCUT2D eigenvalue weighted by Crippen LogP contribution is 2.24. The van der Waals surface area contributed by atoms with E-state index in [4.69, 9.17) is 5.73 Å². The number of aliphatic hydroxyl groups excluding tert-OH is 1. The van der Waals surface area contributed by atoms with Crippen molar-refractivity contribution in [3.63, 3.8) is 0 Å². The van der Waals surface area contributed by atoms with Crippen LogP contribution in [0.25, 0.3) is 0 Å². The highest BCUT2D eigenvalue weighted by Gasteiger charge is 2.48. The van der Waals surface area contributed by atoms with Crippen LogP contribution in [0, 0.1) is 11.8 Å². The van der Waals surface area contributed by atoms with Crippen LogP contribution in [-0.2, 0) is 27.2 Å². The molecule has 0 bridgehead atoms. The number of primary amides is 1. The monoisotopic (exact) mass is 568 g/mol. The van der Waals surface area contributed by atoms with Gasteiger partial charge < -0.3 is 31.9 Å². The van der Waals surface area contributed by atoms with Gasteiger partial charge in [0.15, 0.2) is 5.54 Å². The first-order valence-corrected chi connectivity index (χ1v) is 14.1. The van der Waals surface area contributed by atoms with Crippen LogP contribution in [0.15, 0.2) is 60.7 Å². The minimum atomic E-state index is -2.00. The summed E-state index contributed by atoms with van der Waals surface area (Å²) >= 11 is 0. The first kappa shape index (κ1) is 33.3. The zero-order valence-corrected chi connectivity index (χ0v) is 24.3. The number of nitrogens with two attached hydrogens (primary N) is 1. The fourth-order valence-electron chi connectivity index (χ4n) is 4.81. The number of rotatable bonds is 16. The van der Waals surface area contributed by atoms with Crippen molar-refractivity contribution in [2.75, 3.05) is 0 Å². The molecule has 0 aromatic heterocycles. The second-order valence-corrected chi connectivity index (χ2v) is 10.9. The molecule has 0 heterocycles. The number of hydrogen-bond acceptors (Lipinski definition) is 5. The van der Waals surface area contributed by atoms with Gasteiger partial charge in [-0.2, -0.15) is 0 Å². The van der Waals surface area contributed by atoms with Gasteiger partial charge in [-0.3, -0.25) is 14.4 Å². The molecule has 224 valence electrons. The molecule has 2 rings (SSSR count). The standard InChI is InChI=1S/C31H44N4O6/c1-5-21(4)26(27(32)37)33-28(38)25(20(2)3)34-29(39)31(35-30(40)41,19-23-15-10-7-11-16-23)24(36)18-12-17-22-13-8-6-9-14-22/h6-11,13-16,20-21,24-26,35-36H,5,12,17-19H2,1-4H3,(H2,32,37)(H,33,38)(H,34,39)(H,40,41)/t21-,24+,25?,26-,31-/m0/s1. The number of carbonyl (C=O) groups excluding carboxylic acids is 3. The lowest BCUT2D eigenvalue weighted by atomic mass is 9.81. The van der Waals surface area contributed by atoms with Gasteiger partial charge in [0.25, 0.3) is 0 Å². The number of benzene rings is 2. The van der Waals surface area contributed by atoms with Crippen molar-refractivity contribution in [1.82, 2.24) is 16.0 Å². The Morgan fingerprint density at radius 3 is 1.93 bits per heavy atom. The van der Waals surface area contributed by atoms with Crippen molar-refractivity contribution >= 4 is 23.8 Å². The van der Waals surface area contributed by atoms with Gasteiger partial charge in [0, 0.05) is 6.42 Å². The second-order valence-electron chi connectivity index (χ2n) is 10.9. The predicted octanol–water partition coefficient (Wildman–Crippen LogP) is 2.78. The number of hydrogen-bond donors (Lipinski definition) is 6. The fourth-order valence-corrected chi connectivity index (χ4v) is 4.81. The van der Waals surface area contributed by atoms with E-state index in [-0.39, 0.29) is 18.8 Å². The van der Waals surface area contributed by atoms with Crippen LogP contribution in [0.5, 0.6) is 0 Å². The van der Waals surface area contributed by atoms with E-state index in [1.807, 2.05) is 37.3 Å².